The van der Waals surface area contributed by atoms with Gasteiger partial charge in [0.25, 0.3) is 0 Å². The van der Waals surface area contributed by atoms with Crippen molar-refractivity contribution in [2.45, 2.75) is 38.3 Å². The molecule has 0 bridgehead atoms. The van der Waals surface area contributed by atoms with E-state index in [2.05, 4.69) is 17.2 Å². The number of fused-ring (bicyclic) bond motifs is 2. The normalized spacial score (nSPS) is 29.7. The molecule has 3 aliphatic rings. The van der Waals surface area contributed by atoms with Gasteiger partial charge in [0.15, 0.2) is 11.6 Å². The summed E-state index contributed by atoms with van der Waals surface area (Å²) in [7, 11) is 0. The van der Waals surface area contributed by atoms with Crippen molar-refractivity contribution in [1.29, 1.82) is 0 Å². The zero-order valence-electron chi connectivity index (χ0n) is 16.5. The average Bonchev–Trinajstić information content (AvgIpc) is 3.05. The van der Waals surface area contributed by atoms with Crippen LogP contribution in [0.2, 0.25) is 0 Å². The first kappa shape index (κ1) is 18.8. The number of carbonyl (C=O) groups excluding carboxylic acids is 1. The Hall–Kier alpha value is -2.22. The molecule has 156 valence electrons. The van der Waals surface area contributed by atoms with E-state index < -0.39 is 11.6 Å². The van der Waals surface area contributed by atoms with Gasteiger partial charge in [0.2, 0.25) is 0 Å². The first-order valence-electron chi connectivity index (χ1n) is 10.5. The summed E-state index contributed by atoms with van der Waals surface area (Å²) in [6.45, 7) is 4.61. The second kappa shape index (κ2) is 7.23. The number of morpholine rings is 1. The number of nitrogens with zero attached hydrogens (tertiary/aromatic N) is 3. The summed E-state index contributed by atoms with van der Waals surface area (Å²) < 4.78 is 34.5. The summed E-state index contributed by atoms with van der Waals surface area (Å²) in [5.41, 5.74) is 1.14. The van der Waals surface area contributed by atoms with Crippen LogP contribution in [0.5, 0.6) is 0 Å². The monoisotopic (exact) mass is 404 g/mol. The number of benzene rings is 1. The molecule has 2 amide bonds. The quantitative estimate of drug-likeness (QED) is 0.850. The van der Waals surface area contributed by atoms with Crippen LogP contribution in [0.1, 0.15) is 32.2 Å². The summed E-state index contributed by atoms with van der Waals surface area (Å²) in [6, 6.07) is 2.86. The Morgan fingerprint density at radius 3 is 2.62 bits per heavy atom. The van der Waals surface area contributed by atoms with Crippen LogP contribution in [0.3, 0.4) is 0 Å². The second-order valence-electron chi connectivity index (χ2n) is 8.50. The summed E-state index contributed by atoms with van der Waals surface area (Å²) in [6.07, 6.45) is 4.59. The highest BCUT2D eigenvalue weighted by molar-refractivity contribution is 5.76. The van der Waals surface area contributed by atoms with Crippen molar-refractivity contribution in [1.82, 2.24) is 19.8 Å². The number of nitrogens with one attached hydrogen (secondary N) is 1. The van der Waals surface area contributed by atoms with Crippen molar-refractivity contribution in [3.8, 4) is 0 Å². The largest absolute Gasteiger partial charge is 0.378 e. The molecule has 2 saturated carbocycles. The lowest BCUT2D eigenvalue weighted by Gasteiger charge is -2.30. The number of hydrogen-bond acceptors (Lipinski definition) is 3. The Labute approximate surface area is 168 Å². The highest BCUT2D eigenvalue weighted by Crippen LogP contribution is 2.62. The molecule has 8 heteroatoms. The number of urea groups is 1. The van der Waals surface area contributed by atoms with Crippen molar-refractivity contribution in [2.75, 3.05) is 26.3 Å². The Morgan fingerprint density at radius 1 is 1.24 bits per heavy atom. The molecule has 0 radical (unpaired) electrons. The Morgan fingerprint density at radius 2 is 1.93 bits per heavy atom. The van der Waals surface area contributed by atoms with Crippen LogP contribution < -0.4 is 5.32 Å². The third-order valence-electron chi connectivity index (χ3n) is 7.01. The molecule has 3 fully saturated rings. The molecule has 2 aromatic rings. The predicted molar refractivity (Wildman–Crippen MR) is 103 cm³/mol. The minimum atomic E-state index is -0.862. The van der Waals surface area contributed by atoms with Gasteiger partial charge in [-0.25, -0.2) is 18.6 Å². The molecule has 2 heterocycles. The molecule has 2 unspecified atom stereocenters. The molecule has 2 aliphatic carbocycles. The Bertz CT molecular complexity index is 915. The van der Waals surface area contributed by atoms with Crippen LogP contribution in [-0.2, 0) is 4.74 Å². The summed E-state index contributed by atoms with van der Waals surface area (Å²) in [5, 5.41) is 3.24. The Kier molecular flexibility index (Phi) is 4.69. The molecule has 1 N–H and O–H groups in total. The molecule has 1 aromatic carbocycles. The van der Waals surface area contributed by atoms with Crippen LogP contribution >= 0.6 is 0 Å². The number of aromatic nitrogens is 2. The molecular weight excluding hydrogens is 378 g/mol. The lowest BCUT2D eigenvalue weighted by molar-refractivity contribution is 0.0521. The van der Waals surface area contributed by atoms with E-state index in [9.17, 15) is 13.6 Å². The van der Waals surface area contributed by atoms with Crippen molar-refractivity contribution in [2.24, 2.45) is 17.8 Å². The van der Waals surface area contributed by atoms with Gasteiger partial charge in [-0.1, -0.05) is 6.92 Å². The molecular formula is C21H26F2N4O2. The standard InChI is InChI=1S/C21H26F2N4O2/c1-2-17(25-21(28)26-3-5-29-6-4-26)20-13-7-12(8-14(13)20)27-11-24-18-9-15(22)16(23)10-19(18)27/h9-14,17,20H,2-8H2,1H3,(H,25,28)/t12?,13-,14+,17-,20?/m1/s1. The molecule has 6 nitrogen and oxygen atoms in total. The number of halogens is 2. The molecule has 29 heavy (non-hydrogen) atoms. The highest BCUT2D eigenvalue weighted by atomic mass is 19.2. The maximum Gasteiger partial charge on any atom is 0.317 e. The second-order valence-corrected chi connectivity index (χ2v) is 8.50. The zero-order chi connectivity index (χ0) is 20.1. The van der Waals surface area contributed by atoms with Gasteiger partial charge in [-0.15, -0.1) is 0 Å². The Balaban J connectivity index is 1.23. The van der Waals surface area contributed by atoms with Crippen LogP contribution in [0.25, 0.3) is 11.0 Å². The van der Waals surface area contributed by atoms with Crippen LogP contribution in [0.4, 0.5) is 13.6 Å². The SMILES string of the molecule is CC[C@@H](NC(=O)N1CCOCC1)C1[C@H]2CC(n3cnc4cc(F)c(F)cc43)C[C@@H]12. The van der Waals surface area contributed by atoms with Gasteiger partial charge < -0.3 is 19.5 Å². The lowest BCUT2D eigenvalue weighted by atomic mass is 9.99. The van der Waals surface area contributed by atoms with E-state index in [1.54, 1.807) is 6.33 Å². The smallest absolute Gasteiger partial charge is 0.317 e. The highest BCUT2D eigenvalue weighted by Gasteiger charge is 2.59. The molecule has 1 aromatic heterocycles. The summed E-state index contributed by atoms with van der Waals surface area (Å²) in [4.78, 5) is 18.6. The van der Waals surface area contributed by atoms with Gasteiger partial charge in [-0.2, -0.15) is 0 Å². The topological polar surface area (TPSA) is 59.4 Å². The fourth-order valence-electron chi connectivity index (χ4n) is 5.49. The number of rotatable bonds is 4. The van der Waals surface area contributed by atoms with Crippen molar-refractivity contribution in [3.63, 3.8) is 0 Å². The molecule has 1 aliphatic heterocycles. The average molecular weight is 404 g/mol. The number of carbonyl (C=O) groups is 1. The number of ether oxygens (including phenoxy) is 1. The van der Waals surface area contributed by atoms with E-state index >= 15 is 0 Å². The van der Waals surface area contributed by atoms with E-state index in [-0.39, 0.29) is 18.1 Å². The number of imidazole rings is 1. The maximum absolute atomic E-state index is 13.7. The third-order valence-corrected chi connectivity index (χ3v) is 7.01. The minimum Gasteiger partial charge on any atom is -0.378 e. The van der Waals surface area contributed by atoms with E-state index in [4.69, 9.17) is 4.74 Å². The third kappa shape index (κ3) is 3.27. The summed E-state index contributed by atoms with van der Waals surface area (Å²) in [5.74, 6) is -0.0587. The van der Waals surface area contributed by atoms with E-state index in [0.717, 1.165) is 25.3 Å². The fraction of sp³-hybridized carbons (Fsp3) is 0.619. The van der Waals surface area contributed by atoms with Crippen molar-refractivity contribution >= 4 is 17.1 Å². The van der Waals surface area contributed by atoms with Crippen LogP contribution in [0, 0.1) is 29.4 Å². The molecule has 5 rings (SSSR count). The van der Waals surface area contributed by atoms with E-state index in [1.807, 2.05) is 9.47 Å². The molecule has 1 saturated heterocycles. The van der Waals surface area contributed by atoms with Crippen molar-refractivity contribution < 1.29 is 18.3 Å². The van der Waals surface area contributed by atoms with E-state index in [1.165, 1.54) is 6.07 Å². The first-order valence-corrected chi connectivity index (χ1v) is 10.5. The molecule has 0 spiro atoms. The van der Waals surface area contributed by atoms with E-state index in [0.29, 0.717) is 55.1 Å². The van der Waals surface area contributed by atoms with Crippen molar-refractivity contribution in [3.05, 3.63) is 30.1 Å². The number of hydrogen-bond donors (Lipinski definition) is 1. The predicted octanol–water partition coefficient (Wildman–Crippen LogP) is 3.33. The zero-order valence-corrected chi connectivity index (χ0v) is 16.5. The van der Waals surface area contributed by atoms with Gasteiger partial charge in [0.1, 0.15) is 0 Å². The van der Waals surface area contributed by atoms with Crippen LogP contribution in [0.15, 0.2) is 18.5 Å². The van der Waals surface area contributed by atoms with Gasteiger partial charge in [-0.3, -0.25) is 0 Å². The lowest BCUT2D eigenvalue weighted by Crippen LogP contribution is -2.50. The fourth-order valence-corrected chi connectivity index (χ4v) is 5.49. The van der Waals surface area contributed by atoms with Crippen LogP contribution in [-0.4, -0.2) is 52.8 Å². The van der Waals surface area contributed by atoms with Gasteiger partial charge in [0, 0.05) is 37.3 Å². The summed E-state index contributed by atoms with van der Waals surface area (Å²) >= 11 is 0. The van der Waals surface area contributed by atoms with Gasteiger partial charge in [-0.05, 0) is 37.0 Å². The van der Waals surface area contributed by atoms with Gasteiger partial charge >= 0.3 is 6.03 Å². The maximum atomic E-state index is 13.7. The number of amides is 2. The first-order chi connectivity index (χ1) is 14.1. The molecule has 5 atom stereocenters. The van der Waals surface area contributed by atoms with Gasteiger partial charge in [0.05, 0.1) is 30.6 Å². The minimum absolute atomic E-state index is 0.0137.